The van der Waals surface area contributed by atoms with E-state index in [1.807, 2.05) is 0 Å². The molecular formula is C14H27FN2. The second-order valence-electron chi connectivity index (χ2n) is 5.66. The summed E-state index contributed by atoms with van der Waals surface area (Å²) in [6, 6.07) is 1.16. The number of hydrogen-bond donors (Lipinski definition) is 1. The second-order valence-corrected chi connectivity index (χ2v) is 5.66. The summed E-state index contributed by atoms with van der Waals surface area (Å²) in [6.45, 7) is 4.77. The van der Waals surface area contributed by atoms with Gasteiger partial charge >= 0.3 is 0 Å². The number of rotatable bonds is 4. The van der Waals surface area contributed by atoms with Gasteiger partial charge in [0, 0.05) is 31.7 Å². The summed E-state index contributed by atoms with van der Waals surface area (Å²) in [5, 5.41) is 3.64. The number of nitrogens with one attached hydrogen (secondary N) is 1. The minimum atomic E-state index is -0.195. The summed E-state index contributed by atoms with van der Waals surface area (Å²) in [4.78, 5) is 2.42. The molecule has 0 bridgehead atoms. The highest BCUT2D eigenvalue weighted by Gasteiger charge is 2.32. The summed E-state index contributed by atoms with van der Waals surface area (Å²) in [6.07, 6.45) is 8.01. The van der Waals surface area contributed by atoms with Crippen LogP contribution in [-0.2, 0) is 0 Å². The van der Waals surface area contributed by atoms with Gasteiger partial charge in [-0.3, -0.25) is 4.90 Å². The Hall–Kier alpha value is -0.150. The zero-order valence-electron chi connectivity index (χ0n) is 11.1. The Bertz CT molecular complexity index is 216. The molecule has 1 aliphatic heterocycles. The fourth-order valence-corrected chi connectivity index (χ4v) is 3.52. The van der Waals surface area contributed by atoms with Gasteiger partial charge in [-0.2, -0.15) is 0 Å². The van der Waals surface area contributed by atoms with Crippen molar-refractivity contribution in [1.82, 2.24) is 10.2 Å². The highest BCUT2D eigenvalue weighted by atomic mass is 19.1. The molecule has 2 aliphatic rings. The average molecular weight is 242 g/mol. The van der Waals surface area contributed by atoms with Gasteiger partial charge in [-0.15, -0.1) is 0 Å². The van der Waals surface area contributed by atoms with E-state index < -0.39 is 0 Å². The van der Waals surface area contributed by atoms with E-state index in [0.29, 0.717) is 18.6 Å². The van der Waals surface area contributed by atoms with Gasteiger partial charge in [0.1, 0.15) is 6.67 Å². The summed E-state index contributed by atoms with van der Waals surface area (Å²) in [5.74, 6) is 0.806. The van der Waals surface area contributed by atoms with E-state index >= 15 is 0 Å². The van der Waals surface area contributed by atoms with Gasteiger partial charge in [-0.1, -0.05) is 26.2 Å². The van der Waals surface area contributed by atoms with E-state index in [0.717, 1.165) is 25.4 Å². The Balaban J connectivity index is 1.93. The van der Waals surface area contributed by atoms with E-state index in [2.05, 4.69) is 17.1 Å². The molecule has 1 N–H and O–H groups in total. The molecule has 0 spiro atoms. The van der Waals surface area contributed by atoms with Crippen LogP contribution in [0.3, 0.4) is 0 Å². The van der Waals surface area contributed by atoms with Gasteiger partial charge in [-0.05, 0) is 25.2 Å². The predicted molar refractivity (Wildman–Crippen MR) is 70.0 cm³/mol. The van der Waals surface area contributed by atoms with Crippen LogP contribution < -0.4 is 5.32 Å². The molecule has 0 aromatic rings. The fraction of sp³-hybridized carbons (Fsp3) is 1.00. The maximum Gasteiger partial charge on any atom is 0.102 e. The van der Waals surface area contributed by atoms with E-state index in [9.17, 15) is 4.39 Å². The smallest absolute Gasteiger partial charge is 0.102 e. The Morgan fingerprint density at radius 2 is 2.00 bits per heavy atom. The van der Waals surface area contributed by atoms with Gasteiger partial charge in [0.25, 0.3) is 0 Å². The van der Waals surface area contributed by atoms with E-state index in [1.165, 1.54) is 32.1 Å². The van der Waals surface area contributed by atoms with Crippen LogP contribution in [0.1, 0.15) is 45.4 Å². The lowest BCUT2D eigenvalue weighted by atomic mass is 9.82. The van der Waals surface area contributed by atoms with Crippen LogP contribution in [0.4, 0.5) is 4.39 Å². The zero-order chi connectivity index (χ0) is 12.1. The molecule has 1 saturated carbocycles. The monoisotopic (exact) mass is 242 g/mol. The lowest BCUT2D eigenvalue weighted by molar-refractivity contribution is 0.0658. The molecule has 0 aromatic carbocycles. The minimum Gasteiger partial charge on any atom is -0.311 e. The third-order valence-corrected chi connectivity index (χ3v) is 4.60. The van der Waals surface area contributed by atoms with Crippen LogP contribution in [-0.4, -0.2) is 43.3 Å². The number of piperazine rings is 1. The van der Waals surface area contributed by atoms with Crippen LogP contribution in [0.25, 0.3) is 0 Å². The highest BCUT2D eigenvalue weighted by Crippen LogP contribution is 2.30. The molecule has 100 valence electrons. The molecule has 2 fully saturated rings. The van der Waals surface area contributed by atoms with Crippen molar-refractivity contribution in [1.29, 1.82) is 0 Å². The molecule has 1 saturated heterocycles. The Labute approximate surface area is 105 Å². The molecular weight excluding hydrogens is 215 g/mol. The van der Waals surface area contributed by atoms with Crippen LogP contribution in [0.15, 0.2) is 0 Å². The highest BCUT2D eigenvalue weighted by molar-refractivity contribution is 4.90. The lowest BCUT2D eigenvalue weighted by Gasteiger charge is -2.44. The van der Waals surface area contributed by atoms with Crippen molar-refractivity contribution in [2.75, 3.05) is 26.3 Å². The quantitative estimate of drug-likeness (QED) is 0.815. The van der Waals surface area contributed by atoms with Crippen LogP contribution in [0.5, 0.6) is 0 Å². The maximum atomic E-state index is 12.7. The molecule has 2 rings (SSSR count). The molecule has 0 radical (unpaired) electrons. The maximum absolute atomic E-state index is 12.7. The van der Waals surface area contributed by atoms with Gasteiger partial charge in [0.05, 0.1) is 0 Å². The van der Waals surface area contributed by atoms with E-state index in [4.69, 9.17) is 0 Å². The summed E-state index contributed by atoms with van der Waals surface area (Å²) in [7, 11) is 0. The molecule has 2 atom stereocenters. The normalized spacial score (nSPS) is 32.8. The number of hydrogen-bond acceptors (Lipinski definition) is 2. The summed E-state index contributed by atoms with van der Waals surface area (Å²) in [5.41, 5.74) is 0. The van der Waals surface area contributed by atoms with Crippen molar-refractivity contribution in [3.05, 3.63) is 0 Å². The number of nitrogens with zero attached hydrogens (tertiary/aromatic N) is 1. The van der Waals surface area contributed by atoms with Gasteiger partial charge in [0.15, 0.2) is 0 Å². The third-order valence-electron chi connectivity index (χ3n) is 4.60. The van der Waals surface area contributed by atoms with Crippen LogP contribution in [0.2, 0.25) is 0 Å². The SMILES string of the molecule is CCC1CN(CCF)C(C2CCCCC2)CN1. The Kier molecular flexibility index (Phi) is 5.23. The summed E-state index contributed by atoms with van der Waals surface area (Å²) >= 11 is 0. The first-order valence-electron chi connectivity index (χ1n) is 7.38. The van der Waals surface area contributed by atoms with Gasteiger partial charge in [0.2, 0.25) is 0 Å². The number of alkyl halides is 1. The second kappa shape index (κ2) is 6.69. The molecule has 0 aromatic heterocycles. The van der Waals surface area contributed by atoms with Crippen molar-refractivity contribution in [3.63, 3.8) is 0 Å². The third kappa shape index (κ3) is 3.41. The molecule has 2 unspecified atom stereocenters. The van der Waals surface area contributed by atoms with Crippen molar-refractivity contribution < 1.29 is 4.39 Å². The first-order chi connectivity index (χ1) is 8.35. The fourth-order valence-electron chi connectivity index (χ4n) is 3.52. The standard InChI is InChI=1S/C14H27FN2/c1-2-13-11-17(9-8-15)14(10-16-13)12-6-4-3-5-7-12/h12-14,16H,2-11H2,1H3. The Morgan fingerprint density at radius 1 is 1.24 bits per heavy atom. The van der Waals surface area contributed by atoms with Gasteiger partial charge in [-0.25, -0.2) is 4.39 Å². The first-order valence-corrected chi connectivity index (χ1v) is 7.38. The van der Waals surface area contributed by atoms with Crippen molar-refractivity contribution in [3.8, 4) is 0 Å². The summed E-state index contributed by atoms with van der Waals surface area (Å²) < 4.78 is 12.7. The van der Waals surface area contributed by atoms with Crippen molar-refractivity contribution >= 4 is 0 Å². The van der Waals surface area contributed by atoms with Crippen molar-refractivity contribution in [2.45, 2.75) is 57.5 Å². The van der Waals surface area contributed by atoms with Crippen LogP contribution in [0, 0.1) is 5.92 Å². The molecule has 1 heterocycles. The molecule has 1 aliphatic carbocycles. The Morgan fingerprint density at radius 3 is 2.65 bits per heavy atom. The predicted octanol–water partition coefficient (Wildman–Crippen LogP) is 2.59. The topological polar surface area (TPSA) is 15.3 Å². The zero-order valence-corrected chi connectivity index (χ0v) is 11.1. The molecule has 2 nitrogen and oxygen atoms in total. The van der Waals surface area contributed by atoms with Gasteiger partial charge < -0.3 is 5.32 Å². The largest absolute Gasteiger partial charge is 0.311 e. The lowest BCUT2D eigenvalue weighted by Crippen LogP contribution is -2.59. The first kappa shape index (κ1) is 13.3. The van der Waals surface area contributed by atoms with Crippen molar-refractivity contribution in [2.24, 2.45) is 5.92 Å². The van der Waals surface area contributed by atoms with Crippen LogP contribution >= 0.6 is 0 Å². The molecule has 17 heavy (non-hydrogen) atoms. The van der Waals surface area contributed by atoms with E-state index in [-0.39, 0.29) is 6.67 Å². The van der Waals surface area contributed by atoms with E-state index in [1.54, 1.807) is 0 Å². The molecule has 3 heteroatoms. The minimum absolute atomic E-state index is 0.195. The average Bonchev–Trinajstić information content (AvgIpc) is 2.40. The number of halogens is 1. The molecule has 0 amide bonds.